The second-order valence-corrected chi connectivity index (χ2v) is 9.85. The molecular weight excluding hydrogens is 422 g/mol. The summed E-state index contributed by atoms with van der Waals surface area (Å²) in [4.78, 5) is 39.3. The predicted molar refractivity (Wildman–Crippen MR) is 111 cm³/mol. The van der Waals surface area contributed by atoms with Crippen molar-refractivity contribution in [1.29, 1.82) is 0 Å². The summed E-state index contributed by atoms with van der Waals surface area (Å²) in [5.41, 5.74) is 0.282. The van der Waals surface area contributed by atoms with Gasteiger partial charge in [-0.2, -0.15) is 4.31 Å². The fourth-order valence-corrected chi connectivity index (χ4v) is 5.70. The molecule has 1 aliphatic carbocycles. The maximum Gasteiger partial charge on any atom is 0.247 e. The SMILES string of the molecule is C[C@@H](C(=O)Nc1cccc(S(=O)(=O)N2CCOCC2)c1)N1C(=O)C2CC=CCC2C1=O. The van der Waals surface area contributed by atoms with Gasteiger partial charge in [-0.25, -0.2) is 8.42 Å². The van der Waals surface area contributed by atoms with Crippen molar-refractivity contribution in [3.63, 3.8) is 0 Å². The van der Waals surface area contributed by atoms with E-state index in [0.29, 0.717) is 26.1 Å². The molecule has 3 aliphatic rings. The number of amides is 3. The van der Waals surface area contributed by atoms with Gasteiger partial charge < -0.3 is 10.1 Å². The van der Waals surface area contributed by atoms with Crippen molar-refractivity contribution < 1.29 is 27.5 Å². The number of ether oxygens (including phenoxy) is 1. The Morgan fingerprint density at radius 2 is 1.71 bits per heavy atom. The highest BCUT2D eigenvalue weighted by Gasteiger charge is 2.50. The Bertz CT molecular complexity index is 1010. The van der Waals surface area contributed by atoms with E-state index in [0.717, 1.165) is 4.90 Å². The number of imide groups is 1. The van der Waals surface area contributed by atoms with E-state index in [2.05, 4.69) is 5.32 Å². The molecule has 2 heterocycles. The zero-order valence-corrected chi connectivity index (χ0v) is 18.0. The van der Waals surface area contributed by atoms with Crippen molar-refractivity contribution in [1.82, 2.24) is 9.21 Å². The number of carbonyl (C=O) groups is 3. The van der Waals surface area contributed by atoms with Crippen LogP contribution in [0.15, 0.2) is 41.3 Å². The van der Waals surface area contributed by atoms with Crippen LogP contribution in [0.5, 0.6) is 0 Å². The summed E-state index contributed by atoms with van der Waals surface area (Å²) in [5.74, 6) is -2.02. The van der Waals surface area contributed by atoms with E-state index in [1.165, 1.54) is 23.4 Å². The predicted octanol–water partition coefficient (Wildman–Crippen LogP) is 0.986. The first-order valence-electron chi connectivity index (χ1n) is 10.3. The second-order valence-electron chi connectivity index (χ2n) is 7.91. The highest BCUT2D eigenvalue weighted by Crippen LogP contribution is 2.36. The normalized spacial score (nSPS) is 25.4. The lowest BCUT2D eigenvalue weighted by Crippen LogP contribution is -2.46. The maximum absolute atomic E-state index is 12.9. The van der Waals surface area contributed by atoms with Crippen LogP contribution in [0.25, 0.3) is 0 Å². The maximum atomic E-state index is 12.9. The summed E-state index contributed by atoms with van der Waals surface area (Å²) < 4.78 is 32.3. The van der Waals surface area contributed by atoms with Crippen LogP contribution in [-0.4, -0.2) is 67.7 Å². The number of likely N-dealkylation sites (tertiary alicyclic amines) is 1. The smallest absolute Gasteiger partial charge is 0.247 e. The van der Waals surface area contributed by atoms with Gasteiger partial charge in [-0.1, -0.05) is 18.2 Å². The van der Waals surface area contributed by atoms with Gasteiger partial charge in [0, 0.05) is 18.8 Å². The van der Waals surface area contributed by atoms with Crippen LogP contribution in [0.1, 0.15) is 19.8 Å². The Morgan fingerprint density at radius 1 is 1.10 bits per heavy atom. The summed E-state index contributed by atoms with van der Waals surface area (Å²) in [7, 11) is -3.71. The summed E-state index contributed by atoms with van der Waals surface area (Å²) in [6.45, 7) is 2.72. The van der Waals surface area contributed by atoms with E-state index in [1.54, 1.807) is 12.1 Å². The van der Waals surface area contributed by atoms with E-state index in [1.807, 2.05) is 12.2 Å². The van der Waals surface area contributed by atoms with Gasteiger partial charge in [-0.05, 0) is 38.0 Å². The molecule has 0 aromatic heterocycles. The largest absolute Gasteiger partial charge is 0.379 e. The molecule has 3 amide bonds. The third kappa shape index (κ3) is 4.02. The molecule has 31 heavy (non-hydrogen) atoms. The van der Waals surface area contributed by atoms with Gasteiger partial charge in [0.2, 0.25) is 27.7 Å². The number of nitrogens with one attached hydrogen (secondary N) is 1. The third-order valence-corrected chi connectivity index (χ3v) is 7.91. The van der Waals surface area contributed by atoms with Crippen LogP contribution < -0.4 is 5.32 Å². The number of nitrogens with zero attached hydrogens (tertiary/aromatic N) is 2. The van der Waals surface area contributed by atoms with Crippen molar-refractivity contribution in [3.05, 3.63) is 36.4 Å². The van der Waals surface area contributed by atoms with E-state index in [4.69, 9.17) is 4.74 Å². The molecule has 10 heteroatoms. The average molecular weight is 448 g/mol. The topological polar surface area (TPSA) is 113 Å². The minimum Gasteiger partial charge on any atom is -0.379 e. The Kier molecular flexibility index (Phi) is 5.96. The molecule has 0 bridgehead atoms. The molecule has 0 spiro atoms. The van der Waals surface area contributed by atoms with Crippen LogP contribution in [0.4, 0.5) is 5.69 Å². The Hall–Kier alpha value is -2.56. The zero-order valence-electron chi connectivity index (χ0n) is 17.2. The lowest BCUT2D eigenvalue weighted by Gasteiger charge is -2.26. The number of allylic oxidation sites excluding steroid dienone is 2. The van der Waals surface area contributed by atoms with Crippen LogP contribution in [0, 0.1) is 11.8 Å². The highest BCUT2D eigenvalue weighted by atomic mass is 32.2. The molecule has 1 N–H and O–H groups in total. The Morgan fingerprint density at radius 3 is 2.32 bits per heavy atom. The molecule has 4 rings (SSSR count). The molecule has 2 unspecified atom stereocenters. The number of carbonyl (C=O) groups excluding carboxylic acids is 3. The minimum atomic E-state index is -3.71. The van der Waals surface area contributed by atoms with Gasteiger partial charge in [-0.15, -0.1) is 0 Å². The Labute approximate surface area is 181 Å². The monoisotopic (exact) mass is 447 g/mol. The molecule has 166 valence electrons. The number of hydrogen-bond acceptors (Lipinski definition) is 6. The van der Waals surface area contributed by atoms with Crippen molar-refractivity contribution >= 4 is 33.4 Å². The van der Waals surface area contributed by atoms with Gasteiger partial charge in [0.1, 0.15) is 6.04 Å². The highest BCUT2D eigenvalue weighted by molar-refractivity contribution is 7.89. The van der Waals surface area contributed by atoms with Crippen molar-refractivity contribution in [2.24, 2.45) is 11.8 Å². The van der Waals surface area contributed by atoms with Crippen LogP contribution >= 0.6 is 0 Å². The fraction of sp³-hybridized carbons (Fsp3) is 0.476. The van der Waals surface area contributed by atoms with Crippen LogP contribution in [0.3, 0.4) is 0 Å². The molecule has 2 saturated heterocycles. The molecular formula is C21H25N3O6S. The van der Waals surface area contributed by atoms with Gasteiger partial charge in [0.25, 0.3) is 0 Å². The number of rotatable bonds is 5. The first-order valence-corrected chi connectivity index (χ1v) is 11.8. The van der Waals surface area contributed by atoms with Crippen LogP contribution in [-0.2, 0) is 29.1 Å². The average Bonchev–Trinajstić information content (AvgIpc) is 3.04. The number of hydrogen-bond donors (Lipinski definition) is 1. The Balaban J connectivity index is 1.48. The third-order valence-electron chi connectivity index (χ3n) is 6.02. The van der Waals surface area contributed by atoms with Gasteiger partial charge in [0.05, 0.1) is 29.9 Å². The van der Waals surface area contributed by atoms with Gasteiger partial charge in [0.15, 0.2) is 0 Å². The van der Waals surface area contributed by atoms with Gasteiger partial charge in [-0.3, -0.25) is 19.3 Å². The first kappa shape index (κ1) is 21.7. The molecule has 9 nitrogen and oxygen atoms in total. The quantitative estimate of drug-likeness (QED) is 0.532. The minimum absolute atomic E-state index is 0.0604. The molecule has 3 atom stereocenters. The lowest BCUT2D eigenvalue weighted by molar-refractivity contribution is -0.146. The first-order chi connectivity index (χ1) is 14.8. The van der Waals surface area contributed by atoms with E-state index >= 15 is 0 Å². The number of sulfonamides is 1. The fourth-order valence-electron chi connectivity index (χ4n) is 4.24. The zero-order chi connectivity index (χ0) is 22.2. The summed E-state index contributed by atoms with van der Waals surface area (Å²) >= 11 is 0. The number of fused-ring (bicyclic) bond motifs is 1. The summed E-state index contributed by atoms with van der Waals surface area (Å²) in [6, 6.07) is 4.97. The molecule has 2 aliphatic heterocycles. The number of anilines is 1. The molecule has 1 aromatic carbocycles. The summed E-state index contributed by atoms with van der Waals surface area (Å²) in [5, 5.41) is 2.65. The van der Waals surface area contributed by atoms with Crippen LogP contribution in [0.2, 0.25) is 0 Å². The van der Waals surface area contributed by atoms with Crippen molar-refractivity contribution in [3.8, 4) is 0 Å². The second kappa shape index (κ2) is 8.52. The number of morpholine rings is 1. The molecule has 0 radical (unpaired) electrons. The van der Waals surface area contributed by atoms with Gasteiger partial charge >= 0.3 is 0 Å². The molecule has 0 saturated carbocycles. The van der Waals surface area contributed by atoms with E-state index in [9.17, 15) is 22.8 Å². The number of benzene rings is 1. The van der Waals surface area contributed by atoms with E-state index in [-0.39, 0.29) is 35.5 Å². The lowest BCUT2D eigenvalue weighted by atomic mass is 9.85. The van der Waals surface area contributed by atoms with Crippen molar-refractivity contribution in [2.75, 3.05) is 31.6 Å². The van der Waals surface area contributed by atoms with E-state index < -0.39 is 33.8 Å². The standard InChI is InChI=1S/C21H25N3O6S/c1-14(24-20(26)17-7-2-3-8-18(17)21(24)27)19(25)22-15-5-4-6-16(13-15)31(28,29)23-9-11-30-12-10-23/h2-6,13-14,17-18H,7-12H2,1H3,(H,22,25)/t14-,17?,18?/m0/s1. The molecule has 1 aromatic rings. The van der Waals surface area contributed by atoms with Crippen molar-refractivity contribution in [2.45, 2.75) is 30.7 Å². The molecule has 2 fully saturated rings. The summed E-state index contributed by atoms with van der Waals surface area (Å²) in [6.07, 6.45) is 4.78.